The maximum absolute atomic E-state index is 10.8. The Morgan fingerprint density at radius 2 is 1.82 bits per heavy atom. The highest BCUT2D eigenvalue weighted by atomic mass is 16.3. The largest absolute Gasteiger partial charge is 0.390 e. The molecule has 7 heteroatoms. The highest BCUT2D eigenvalue weighted by molar-refractivity contribution is 5.82. The zero-order valence-corrected chi connectivity index (χ0v) is 19.7. The van der Waals surface area contributed by atoms with Crippen molar-refractivity contribution in [2.24, 2.45) is 5.92 Å². The molecule has 1 fully saturated rings. The molecule has 0 amide bonds. The first-order valence-corrected chi connectivity index (χ1v) is 12.2. The summed E-state index contributed by atoms with van der Waals surface area (Å²) in [5.74, 6) is 0.0153. The lowest BCUT2D eigenvalue weighted by molar-refractivity contribution is 0.00692. The molecule has 178 valence electrons. The first-order chi connectivity index (χ1) is 16.1. The summed E-state index contributed by atoms with van der Waals surface area (Å²) in [7, 11) is 0. The van der Waals surface area contributed by atoms with Crippen LogP contribution in [-0.2, 0) is 12.8 Å². The Labute approximate surface area is 196 Å². The van der Waals surface area contributed by atoms with Gasteiger partial charge >= 0.3 is 0 Å². The zero-order valence-electron chi connectivity index (χ0n) is 19.7. The zero-order chi connectivity index (χ0) is 23.2. The number of hydrogen-bond donors (Lipinski definition) is 4. The molecule has 1 saturated carbocycles. The fraction of sp³-hybridized carbons (Fsp3) is 0.538. The Bertz CT molecular complexity index is 1020. The lowest BCUT2D eigenvalue weighted by atomic mass is 10.1. The van der Waals surface area contributed by atoms with E-state index in [2.05, 4.69) is 62.6 Å². The fourth-order valence-corrected chi connectivity index (χ4v) is 5.05. The van der Waals surface area contributed by atoms with E-state index in [0.29, 0.717) is 6.54 Å². The van der Waals surface area contributed by atoms with E-state index in [1.165, 1.54) is 11.1 Å². The van der Waals surface area contributed by atoms with Crippen LogP contribution in [0.15, 0.2) is 42.9 Å². The minimum atomic E-state index is -0.799. The molecule has 0 unspecified atom stereocenters. The lowest BCUT2D eigenvalue weighted by Gasteiger charge is -2.19. The smallest absolute Gasteiger partial charge is 0.144 e. The standard InChI is InChI=1S/C26H37N5O2/c1-3-20-16-31(26-23(20)18(2)29-17-30-26)22-14-21(24(32)25(22)33)15-28-12-7-11-27-13-10-19-8-5-4-6-9-19/h4-6,8-9,16-17,21-22,24-25,27-28,32-33H,3,7,10-15H2,1-2H3/t21-,22-,24-,25+/m1/s1. The number of aliphatic hydroxyl groups excluding tert-OH is 2. The van der Waals surface area contributed by atoms with Crippen LogP contribution in [-0.4, -0.2) is 63.1 Å². The lowest BCUT2D eigenvalue weighted by Crippen LogP contribution is -2.34. The molecule has 0 aliphatic heterocycles. The maximum Gasteiger partial charge on any atom is 0.144 e. The van der Waals surface area contributed by atoms with Gasteiger partial charge in [0.1, 0.15) is 18.1 Å². The minimum Gasteiger partial charge on any atom is -0.390 e. The molecular formula is C26H37N5O2. The molecule has 4 rings (SSSR count). The molecule has 0 radical (unpaired) electrons. The van der Waals surface area contributed by atoms with Gasteiger partial charge in [0.2, 0.25) is 0 Å². The second-order valence-corrected chi connectivity index (χ2v) is 9.16. The van der Waals surface area contributed by atoms with Gasteiger partial charge in [-0.1, -0.05) is 37.3 Å². The summed E-state index contributed by atoms with van der Waals surface area (Å²) in [5.41, 5.74) is 4.35. The summed E-state index contributed by atoms with van der Waals surface area (Å²) in [6.07, 6.45) is 5.81. The van der Waals surface area contributed by atoms with Crippen LogP contribution in [0.5, 0.6) is 0 Å². The third-order valence-electron chi connectivity index (χ3n) is 6.93. The quantitative estimate of drug-likeness (QED) is 0.335. The number of aliphatic hydroxyl groups is 2. The molecule has 1 aromatic carbocycles. The predicted molar refractivity (Wildman–Crippen MR) is 131 cm³/mol. The van der Waals surface area contributed by atoms with E-state index < -0.39 is 12.2 Å². The van der Waals surface area contributed by atoms with Gasteiger partial charge in [-0.15, -0.1) is 0 Å². The summed E-state index contributed by atoms with van der Waals surface area (Å²) in [5, 5.41) is 29.6. The van der Waals surface area contributed by atoms with Gasteiger partial charge in [0.05, 0.1) is 17.8 Å². The van der Waals surface area contributed by atoms with Crippen LogP contribution >= 0.6 is 0 Å². The van der Waals surface area contributed by atoms with E-state index in [1.807, 2.05) is 13.0 Å². The molecule has 1 aliphatic rings. The van der Waals surface area contributed by atoms with Crippen molar-refractivity contribution in [3.63, 3.8) is 0 Å². The van der Waals surface area contributed by atoms with Crippen molar-refractivity contribution in [3.8, 4) is 0 Å². The van der Waals surface area contributed by atoms with E-state index in [0.717, 1.165) is 62.0 Å². The van der Waals surface area contributed by atoms with Crippen molar-refractivity contribution >= 4 is 11.0 Å². The van der Waals surface area contributed by atoms with Crippen LogP contribution in [0.4, 0.5) is 0 Å². The number of aromatic nitrogens is 3. The minimum absolute atomic E-state index is 0.0153. The number of rotatable bonds is 11. The molecule has 2 heterocycles. The first kappa shape index (κ1) is 23.8. The van der Waals surface area contributed by atoms with Crippen LogP contribution in [0.3, 0.4) is 0 Å². The normalized spacial score (nSPS) is 22.9. The second-order valence-electron chi connectivity index (χ2n) is 9.16. The molecule has 3 aromatic rings. The van der Waals surface area contributed by atoms with Crippen LogP contribution in [0, 0.1) is 12.8 Å². The SMILES string of the molecule is CCc1cn([C@@H]2C[C@H](CNCCCNCCc3ccccc3)[C@@H](O)[C@H]2O)c2ncnc(C)c12. The van der Waals surface area contributed by atoms with Crippen LogP contribution < -0.4 is 10.6 Å². The van der Waals surface area contributed by atoms with Crippen molar-refractivity contribution in [3.05, 3.63) is 59.7 Å². The Balaban J connectivity index is 1.24. The van der Waals surface area contributed by atoms with Gasteiger partial charge in [0, 0.05) is 24.0 Å². The third kappa shape index (κ3) is 5.44. The molecule has 7 nitrogen and oxygen atoms in total. The average molecular weight is 452 g/mol. The Morgan fingerprint density at radius 1 is 1.03 bits per heavy atom. The van der Waals surface area contributed by atoms with Crippen molar-refractivity contribution in [2.75, 3.05) is 26.2 Å². The third-order valence-corrected chi connectivity index (χ3v) is 6.93. The van der Waals surface area contributed by atoms with Crippen molar-refractivity contribution in [1.82, 2.24) is 25.2 Å². The second kappa shape index (κ2) is 11.2. The highest BCUT2D eigenvalue weighted by Crippen LogP contribution is 2.38. The monoisotopic (exact) mass is 451 g/mol. The predicted octanol–water partition coefficient (Wildman–Crippen LogP) is 2.40. The molecule has 0 spiro atoms. The summed E-state index contributed by atoms with van der Waals surface area (Å²) in [6.45, 7) is 7.65. The summed E-state index contributed by atoms with van der Waals surface area (Å²) < 4.78 is 2.06. The van der Waals surface area contributed by atoms with E-state index >= 15 is 0 Å². The number of aryl methyl sites for hydroxylation is 2. The highest BCUT2D eigenvalue weighted by Gasteiger charge is 2.42. The van der Waals surface area contributed by atoms with Gasteiger partial charge in [-0.2, -0.15) is 0 Å². The molecule has 1 aliphatic carbocycles. The molecule has 0 saturated heterocycles. The molecule has 4 atom stereocenters. The number of fused-ring (bicyclic) bond motifs is 1. The first-order valence-electron chi connectivity index (χ1n) is 12.2. The van der Waals surface area contributed by atoms with Gasteiger partial charge in [-0.3, -0.25) is 0 Å². The Kier molecular flexibility index (Phi) is 8.09. The van der Waals surface area contributed by atoms with Gasteiger partial charge < -0.3 is 25.4 Å². The van der Waals surface area contributed by atoms with E-state index in [-0.39, 0.29) is 12.0 Å². The summed E-state index contributed by atoms with van der Waals surface area (Å²) in [6, 6.07) is 10.3. The van der Waals surface area contributed by atoms with Gasteiger partial charge in [-0.25, -0.2) is 9.97 Å². The number of nitrogens with zero attached hydrogens (tertiary/aromatic N) is 3. The maximum atomic E-state index is 10.8. The van der Waals surface area contributed by atoms with Gasteiger partial charge in [-0.05, 0) is 63.4 Å². The van der Waals surface area contributed by atoms with E-state index in [1.54, 1.807) is 6.33 Å². The van der Waals surface area contributed by atoms with Crippen molar-refractivity contribution in [2.45, 2.75) is 57.8 Å². The molecule has 33 heavy (non-hydrogen) atoms. The number of hydrogen-bond acceptors (Lipinski definition) is 6. The molecule has 4 N–H and O–H groups in total. The van der Waals surface area contributed by atoms with Gasteiger partial charge in [0.25, 0.3) is 0 Å². The average Bonchev–Trinajstić information content (AvgIpc) is 3.34. The van der Waals surface area contributed by atoms with Crippen LogP contribution in [0.2, 0.25) is 0 Å². The van der Waals surface area contributed by atoms with E-state index in [4.69, 9.17) is 0 Å². The van der Waals surface area contributed by atoms with E-state index in [9.17, 15) is 10.2 Å². The fourth-order valence-electron chi connectivity index (χ4n) is 5.05. The number of nitrogens with one attached hydrogen (secondary N) is 2. The van der Waals surface area contributed by atoms with Crippen molar-refractivity contribution in [1.29, 1.82) is 0 Å². The van der Waals surface area contributed by atoms with Crippen LogP contribution in [0.25, 0.3) is 11.0 Å². The summed E-state index contributed by atoms with van der Waals surface area (Å²) >= 11 is 0. The number of benzene rings is 1. The van der Waals surface area contributed by atoms with Gasteiger partial charge in [0.15, 0.2) is 0 Å². The Morgan fingerprint density at radius 3 is 2.61 bits per heavy atom. The van der Waals surface area contributed by atoms with Crippen molar-refractivity contribution < 1.29 is 10.2 Å². The topological polar surface area (TPSA) is 95.2 Å². The molecule has 0 bridgehead atoms. The Hall–Kier alpha value is -2.32. The molecule has 2 aromatic heterocycles. The van der Waals surface area contributed by atoms with Crippen LogP contribution in [0.1, 0.15) is 42.6 Å². The summed E-state index contributed by atoms with van der Waals surface area (Å²) in [4.78, 5) is 8.85. The molecular weight excluding hydrogens is 414 g/mol.